The summed E-state index contributed by atoms with van der Waals surface area (Å²) in [7, 11) is 0. The van der Waals surface area contributed by atoms with Gasteiger partial charge < -0.3 is 25.0 Å². The molecule has 2 aliphatic rings. The molecule has 4 rings (SSSR count). The molecule has 1 aliphatic heterocycles. The van der Waals surface area contributed by atoms with Crippen LogP contribution >= 0.6 is 24.0 Å². The Kier molecular flexibility index (Phi) is 10.1. The highest BCUT2D eigenvalue weighted by Gasteiger charge is 2.22. The maximum Gasteiger partial charge on any atom is 0.191 e. The smallest absolute Gasteiger partial charge is 0.191 e. The molecule has 1 unspecified atom stereocenters. The zero-order valence-corrected chi connectivity index (χ0v) is 22.0. The van der Waals surface area contributed by atoms with Crippen LogP contribution in [0.25, 0.3) is 0 Å². The molecule has 2 aromatic rings. The summed E-state index contributed by atoms with van der Waals surface area (Å²) in [5, 5.41) is 6.79. The lowest BCUT2D eigenvalue weighted by molar-refractivity contribution is 0.0529. The topological polar surface area (TPSA) is 71.0 Å². The highest BCUT2D eigenvalue weighted by molar-refractivity contribution is 14.0. The zero-order valence-electron chi connectivity index (χ0n) is 19.6. The van der Waals surface area contributed by atoms with Gasteiger partial charge in [0.2, 0.25) is 0 Å². The van der Waals surface area contributed by atoms with E-state index < -0.39 is 0 Å². The number of hydrogen-bond donors (Lipinski definition) is 2. The van der Waals surface area contributed by atoms with Gasteiger partial charge in [0, 0.05) is 37.9 Å². The molecule has 0 bridgehead atoms. The number of guanidine groups is 1. The molecule has 1 aliphatic carbocycles. The first kappa shape index (κ1) is 25.6. The molecule has 0 spiro atoms. The lowest BCUT2D eigenvalue weighted by atomic mass is 10.2. The van der Waals surface area contributed by atoms with E-state index in [-0.39, 0.29) is 30.1 Å². The number of benzene rings is 1. The van der Waals surface area contributed by atoms with Crippen LogP contribution in [0.4, 0.5) is 5.82 Å². The molecular weight excluding hydrogens is 529 g/mol. The van der Waals surface area contributed by atoms with Crippen molar-refractivity contribution in [3.05, 3.63) is 53.7 Å². The van der Waals surface area contributed by atoms with Crippen molar-refractivity contribution in [3.63, 3.8) is 0 Å². The molecule has 7 nitrogen and oxygen atoms in total. The normalized spacial score (nSPS) is 18.4. The molecule has 33 heavy (non-hydrogen) atoms. The molecule has 8 heteroatoms. The van der Waals surface area contributed by atoms with Gasteiger partial charge in [0.05, 0.1) is 25.9 Å². The van der Waals surface area contributed by atoms with Gasteiger partial charge in [-0.3, -0.25) is 0 Å². The van der Waals surface area contributed by atoms with Crippen molar-refractivity contribution < 1.29 is 9.47 Å². The summed E-state index contributed by atoms with van der Waals surface area (Å²) < 4.78 is 11.7. The van der Waals surface area contributed by atoms with Crippen molar-refractivity contribution in [2.24, 2.45) is 10.9 Å². The van der Waals surface area contributed by atoms with Crippen molar-refractivity contribution in [2.45, 2.75) is 45.9 Å². The van der Waals surface area contributed by atoms with E-state index in [1.54, 1.807) is 0 Å². The molecule has 0 radical (unpaired) electrons. The Hall–Kier alpha value is -2.07. The van der Waals surface area contributed by atoms with Gasteiger partial charge in [-0.15, -0.1) is 24.0 Å². The van der Waals surface area contributed by atoms with Gasteiger partial charge in [-0.25, -0.2) is 9.98 Å². The number of aliphatic imine (C=N–C) groups is 1. The quantitative estimate of drug-likeness (QED) is 0.273. The third kappa shape index (κ3) is 8.03. The number of halogens is 1. The van der Waals surface area contributed by atoms with E-state index in [1.165, 1.54) is 12.8 Å². The van der Waals surface area contributed by atoms with E-state index in [1.807, 2.05) is 18.3 Å². The minimum Gasteiger partial charge on any atom is -0.493 e. The summed E-state index contributed by atoms with van der Waals surface area (Å²) in [5.41, 5.74) is 2.28. The minimum absolute atomic E-state index is 0. The second-order valence-corrected chi connectivity index (χ2v) is 8.56. The van der Waals surface area contributed by atoms with Crippen LogP contribution < -0.4 is 20.3 Å². The highest BCUT2D eigenvalue weighted by atomic mass is 127. The lowest BCUT2D eigenvalue weighted by Gasteiger charge is -2.32. The van der Waals surface area contributed by atoms with E-state index in [4.69, 9.17) is 14.5 Å². The predicted molar refractivity (Wildman–Crippen MR) is 144 cm³/mol. The first-order valence-electron chi connectivity index (χ1n) is 11.8. The summed E-state index contributed by atoms with van der Waals surface area (Å²) >= 11 is 0. The number of anilines is 1. The second-order valence-electron chi connectivity index (χ2n) is 8.56. The van der Waals surface area contributed by atoms with Crippen molar-refractivity contribution in [1.82, 2.24) is 15.6 Å². The van der Waals surface area contributed by atoms with E-state index in [0.717, 1.165) is 67.4 Å². The number of aromatic nitrogens is 1. The van der Waals surface area contributed by atoms with Gasteiger partial charge in [-0.2, -0.15) is 0 Å². The van der Waals surface area contributed by atoms with E-state index in [2.05, 4.69) is 58.6 Å². The van der Waals surface area contributed by atoms with Crippen molar-refractivity contribution in [3.8, 4) is 5.75 Å². The molecule has 2 fully saturated rings. The van der Waals surface area contributed by atoms with E-state index in [9.17, 15) is 0 Å². The third-order valence-corrected chi connectivity index (χ3v) is 5.73. The largest absolute Gasteiger partial charge is 0.493 e. The van der Waals surface area contributed by atoms with Gasteiger partial charge in [-0.05, 0) is 56.4 Å². The molecule has 1 aromatic carbocycles. The number of ether oxygens (including phenoxy) is 2. The van der Waals surface area contributed by atoms with Crippen LogP contribution in [0.15, 0.2) is 47.6 Å². The summed E-state index contributed by atoms with van der Waals surface area (Å²) in [6.45, 7) is 9.53. The van der Waals surface area contributed by atoms with Crippen LogP contribution in [0.5, 0.6) is 5.75 Å². The first-order valence-corrected chi connectivity index (χ1v) is 11.8. The Balaban J connectivity index is 0.00000306. The molecule has 1 saturated heterocycles. The van der Waals surface area contributed by atoms with Crippen LogP contribution in [-0.4, -0.2) is 49.9 Å². The number of nitrogens with zero attached hydrogens (tertiary/aromatic N) is 3. The Morgan fingerprint density at radius 2 is 2.09 bits per heavy atom. The second kappa shape index (κ2) is 13.0. The molecule has 1 aromatic heterocycles. The Bertz CT molecular complexity index is 906. The van der Waals surface area contributed by atoms with Crippen LogP contribution in [0.1, 0.15) is 37.8 Å². The van der Waals surface area contributed by atoms with Crippen molar-refractivity contribution in [1.29, 1.82) is 0 Å². The number of para-hydroxylation sites is 1. The maximum absolute atomic E-state index is 6.04. The molecule has 2 N–H and O–H groups in total. The van der Waals surface area contributed by atoms with Gasteiger partial charge in [0.25, 0.3) is 0 Å². The van der Waals surface area contributed by atoms with Gasteiger partial charge >= 0.3 is 0 Å². The summed E-state index contributed by atoms with van der Waals surface area (Å²) in [6.07, 6.45) is 4.68. The van der Waals surface area contributed by atoms with Gasteiger partial charge in [0.15, 0.2) is 5.96 Å². The molecule has 1 atom stereocenters. The molecule has 2 heterocycles. The van der Waals surface area contributed by atoms with Crippen molar-refractivity contribution >= 4 is 35.8 Å². The number of nitrogens with one attached hydrogen (secondary N) is 2. The lowest BCUT2D eigenvalue weighted by Crippen LogP contribution is -2.41. The molecule has 1 saturated carbocycles. The summed E-state index contributed by atoms with van der Waals surface area (Å²) in [4.78, 5) is 11.6. The van der Waals surface area contributed by atoms with Crippen LogP contribution in [0.2, 0.25) is 0 Å². The number of pyridine rings is 1. The standard InChI is InChI=1S/C25H35N5O2.HI/c1-3-26-25(29-16-22-6-4-5-7-23(22)32-18-20-8-9-20)28-15-21-10-11-27-24(14-21)30-12-13-31-19(2)17-30;/h4-7,10-11,14,19-20H,3,8-9,12-13,15-18H2,1-2H3,(H2,26,28,29);1H. The number of hydrogen-bond acceptors (Lipinski definition) is 5. The van der Waals surface area contributed by atoms with E-state index in [0.29, 0.717) is 13.1 Å². The molecular formula is C25H36IN5O2. The van der Waals surface area contributed by atoms with Gasteiger partial charge in [-0.1, -0.05) is 18.2 Å². The fourth-order valence-corrected chi connectivity index (χ4v) is 3.73. The summed E-state index contributed by atoms with van der Waals surface area (Å²) in [6, 6.07) is 12.4. The maximum atomic E-state index is 6.04. The van der Waals surface area contributed by atoms with Crippen LogP contribution in [0.3, 0.4) is 0 Å². The van der Waals surface area contributed by atoms with Crippen LogP contribution in [0, 0.1) is 5.92 Å². The first-order chi connectivity index (χ1) is 15.7. The average molecular weight is 566 g/mol. The Morgan fingerprint density at radius 1 is 1.24 bits per heavy atom. The minimum atomic E-state index is 0. The fourth-order valence-electron chi connectivity index (χ4n) is 3.73. The number of rotatable bonds is 9. The van der Waals surface area contributed by atoms with Crippen molar-refractivity contribution in [2.75, 3.05) is 37.7 Å². The molecule has 180 valence electrons. The Morgan fingerprint density at radius 3 is 2.88 bits per heavy atom. The SMILES string of the molecule is CCNC(=NCc1ccnc(N2CCOC(C)C2)c1)NCc1ccccc1OCC1CC1.I. The highest BCUT2D eigenvalue weighted by Crippen LogP contribution is 2.30. The van der Waals surface area contributed by atoms with E-state index >= 15 is 0 Å². The fraction of sp³-hybridized carbons (Fsp3) is 0.520. The summed E-state index contributed by atoms with van der Waals surface area (Å²) in [5.74, 6) is 3.48. The Labute approximate surface area is 214 Å². The predicted octanol–water partition coefficient (Wildman–Crippen LogP) is 3.97. The molecule has 0 amide bonds. The zero-order chi connectivity index (χ0) is 22.2. The van der Waals surface area contributed by atoms with Gasteiger partial charge in [0.1, 0.15) is 11.6 Å². The average Bonchev–Trinajstić information content (AvgIpc) is 3.65. The third-order valence-electron chi connectivity index (χ3n) is 5.73. The number of morpholine rings is 1. The van der Waals surface area contributed by atoms with Crippen LogP contribution in [-0.2, 0) is 17.8 Å². The monoisotopic (exact) mass is 565 g/mol.